The summed E-state index contributed by atoms with van der Waals surface area (Å²) in [7, 11) is 0. The molecule has 0 aromatic carbocycles. The van der Waals surface area contributed by atoms with E-state index < -0.39 is 0 Å². The van der Waals surface area contributed by atoms with Gasteiger partial charge in [0.2, 0.25) is 0 Å². The summed E-state index contributed by atoms with van der Waals surface area (Å²) in [6.45, 7) is 11.5. The summed E-state index contributed by atoms with van der Waals surface area (Å²) in [6, 6.07) is 1.38. The van der Waals surface area contributed by atoms with Crippen molar-refractivity contribution in [2.75, 3.05) is 26.2 Å². The van der Waals surface area contributed by atoms with Crippen LogP contribution >= 0.6 is 0 Å². The number of nitrogens with one attached hydrogen (secondary N) is 1. The average molecular weight is 282 g/mol. The number of rotatable bonds is 7. The molecular formula is C17H34N2O. The van der Waals surface area contributed by atoms with Crippen molar-refractivity contribution in [3.8, 4) is 0 Å². The highest BCUT2D eigenvalue weighted by molar-refractivity contribution is 4.88. The first-order valence-electron chi connectivity index (χ1n) is 8.81. The third-order valence-electron chi connectivity index (χ3n) is 5.39. The predicted octanol–water partition coefficient (Wildman–Crippen LogP) is 3.04. The van der Waals surface area contributed by atoms with Crippen LogP contribution in [0.3, 0.4) is 0 Å². The van der Waals surface area contributed by atoms with Crippen molar-refractivity contribution in [1.29, 1.82) is 0 Å². The van der Waals surface area contributed by atoms with Crippen LogP contribution < -0.4 is 5.32 Å². The van der Waals surface area contributed by atoms with Crippen molar-refractivity contribution in [1.82, 2.24) is 10.2 Å². The summed E-state index contributed by atoms with van der Waals surface area (Å²) in [4.78, 5) is 2.63. The van der Waals surface area contributed by atoms with Gasteiger partial charge in [0.05, 0.1) is 12.7 Å². The van der Waals surface area contributed by atoms with Gasteiger partial charge >= 0.3 is 0 Å². The summed E-state index contributed by atoms with van der Waals surface area (Å²) in [6.07, 6.45) is 8.39. The Balaban J connectivity index is 1.68. The molecule has 2 rings (SSSR count). The fourth-order valence-corrected chi connectivity index (χ4v) is 3.76. The maximum atomic E-state index is 6.02. The second kappa shape index (κ2) is 8.35. The van der Waals surface area contributed by atoms with Crippen LogP contribution in [-0.2, 0) is 4.74 Å². The zero-order valence-corrected chi connectivity index (χ0v) is 13.7. The van der Waals surface area contributed by atoms with E-state index in [9.17, 15) is 0 Å². The van der Waals surface area contributed by atoms with E-state index in [-0.39, 0.29) is 0 Å². The number of ether oxygens (including phenoxy) is 1. The van der Waals surface area contributed by atoms with E-state index in [1.165, 1.54) is 45.1 Å². The largest absolute Gasteiger partial charge is 0.377 e. The monoisotopic (exact) mass is 282 g/mol. The Kier molecular flexibility index (Phi) is 6.79. The molecule has 1 saturated carbocycles. The maximum absolute atomic E-state index is 6.02. The van der Waals surface area contributed by atoms with Crippen LogP contribution in [0.1, 0.15) is 59.3 Å². The summed E-state index contributed by atoms with van der Waals surface area (Å²) in [5, 5.41) is 3.71. The predicted molar refractivity (Wildman–Crippen MR) is 85.1 cm³/mol. The second-order valence-electron chi connectivity index (χ2n) is 6.76. The fraction of sp³-hybridized carbons (Fsp3) is 1.00. The maximum Gasteiger partial charge on any atom is 0.0597 e. The highest BCUT2D eigenvalue weighted by Crippen LogP contribution is 2.24. The lowest BCUT2D eigenvalue weighted by Crippen LogP contribution is -2.54. The van der Waals surface area contributed by atoms with Crippen molar-refractivity contribution in [3.05, 3.63) is 0 Å². The van der Waals surface area contributed by atoms with Gasteiger partial charge in [0.1, 0.15) is 0 Å². The Hall–Kier alpha value is -0.120. The molecule has 0 bridgehead atoms. The van der Waals surface area contributed by atoms with E-state index >= 15 is 0 Å². The SMILES string of the molecule is CCCNC1CCN(CCOC2CCCC2)C(C)C1C. The molecule has 3 unspecified atom stereocenters. The van der Waals surface area contributed by atoms with Crippen LogP contribution in [0.5, 0.6) is 0 Å². The molecule has 0 aromatic rings. The molecule has 0 spiro atoms. The minimum atomic E-state index is 0.562. The normalized spacial score (nSPS) is 32.9. The van der Waals surface area contributed by atoms with E-state index in [0.29, 0.717) is 18.2 Å². The minimum absolute atomic E-state index is 0.562. The van der Waals surface area contributed by atoms with Gasteiger partial charge in [0.25, 0.3) is 0 Å². The van der Waals surface area contributed by atoms with Crippen LogP contribution in [0.2, 0.25) is 0 Å². The van der Waals surface area contributed by atoms with Gasteiger partial charge in [-0.3, -0.25) is 4.90 Å². The van der Waals surface area contributed by atoms with Crippen molar-refractivity contribution in [2.45, 2.75) is 77.5 Å². The molecular weight excluding hydrogens is 248 g/mol. The standard InChI is InChI=1S/C17H34N2O/c1-4-10-18-17-9-11-19(15(3)14(17)2)12-13-20-16-7-5-6-8-16/h14-18H,4-13H2,1-3H3. The second-order valence-corrected chi connectivity index (χ2v) is 6.76. The van der Waals surface area contributed by atoms with Gasteiger partial charge in [-0.25, -0.2) is 0 Å². The lowest BCUT2D eigenvalue weighted by molar-refractivity contribution is 0.0138. The molecule has 0 radical (unpaired) electrons. The lowest BCUT2D eigenvalue weighted by atomic mass is 9.87. The number of hydrogen-bond acceptors (Lipinski definition) is 3. The van der Waals surface area contributed by atoms with Crippen LogP contribution in [0.25, 0.3) is 0 Å². The summed E-state index contributed by atoms with van der Waals surface area (Å²) >= 11 is 0. The van der Waals surface area contributed by atoms with Gasteiger partial charge in [-0.1, -0.05) is 26.7 Å². The van der Waals surface area contributed by atoms with Crippen molar-refractivity contribution in [3.63, 3.8) is 0 Å². The van der Waals surface area contributed by atoms with Crippen molar-refractivity contribution >= 4 is 0 Å². The quantitative estimate of drug-likeness (QED) is 0.777. The third kappa shape index (κ3) is 4.44. The van der Waals surface area contributed by atoms with Gasteiger partial charge in [-0.05, 0) is 45.1 Å². The lowest BCUT2D eigenvalue weighted by Gasteiger charge is -2.43. The van der Waals surface area contributed by atoms with E-state index in [1.54, 1.807) is 0 Å². The van der Waals surface area contributed by atoms with Crippen LogP contribution in [-0.4, -0.2) is 49.3 Å². The van der Waals surface area contributed by atoms with E-state index in [2.05, 4.69) is 31.0 Å². The minimum Gasteiger partial charge on any atom is -0.377 e. The molecule has 3 nitrogen and oxygen atoms in total. The zero-order valence-electron chi connectivity index (χ0n) is 13.7. The zero-order chi connectivity index (χ0) is 14.4. The summed E-state index contributed by atoms with van der Waals surface area (Å²) in [5.74, 6) is 0.738. The van der Waals surface area contributed by atoms with Gasteiger partial charge in [-0.2, -0.15) is 0 Å². The molecule has 1 heterocycles. The summed E-state index contributed by atoms with van der Waals surface area (Å²) < 4.78 is 6.02. The molecule has 1 N–H and O–H groups in total. The molecule has 0 aromatic heterocycles. The molecule has 0 amide bonds. The molecule has 2 fully saturated rings. The first-order valence-corrected chi connectivity index (χ1v) is 8.81. The average Bonchev–Trinajstić information content (AvgIpc) is 2.96. The van der Waals surface area contributed by atoms with E-state index in [4.69, 9.17) is 4.74 Å². The highest BCUT2D eigenvalue weighted by atomic mass is 16.5. The molecule has 1 saturated heterocycles. The van der Waals surface area contributed by atoms with E-state index in [0.717, 1.165) is 25.6 Å². The molecule has 118 valence electrons. The Bertz CT molecular complexity index is 266. The Morgan fingerprint density at radius 2 is 1.90 bits per heavy atom. The number of likely N-dealkylation sites (tertiary alicyclic amines) is 1. The van der Waals surface area contributed by atoms with E-state index in [1.807, 2.05) is 0 Å². The smallest absolute Gasteiger partial charge is 0.0597 e. The first-order chi connectivity index (χ1) is 9.72. The van der Waals surface area contributed by atoms with Gasteiger partial charge in [0.15, 0.2) is 0 Å². The molecule has 1 aliphatic carbocycles. The van der Waals surface area contributed by atoms with Crippen LogP contribution in [0.15, 0.2) is 0 Å². The first kappa shape index (κ1) is 16.3. The molecule has 20 heavy (non-hydrogen) atoms. The Morgan fingerprint density at radius 1 is 1.15 bits per heavy atom. The fourth-order valence-electron chi connectivity index (χ4n) is 3.76. The highest BCUT2D eigenvalue weighted by Gasteiger charge is 2.31. The Morgan fingerprint density at radius 3 is 2.60 bits per heavy atom. The molecule has 2 aliphatic rings. The van der Waals surface area contributed by atoms with Gasteiger partial charge < -0.3 is 10.1 Å². The summed E-state index contributed by atoms with van der Waals surface area (Å²) in [5.41, 5.74) is 0. The molecule has 1 aliphatic heterocycles. The van der Waals surface area contributed by atoms with Crippen molar-refractivity contribution < 1.29 is 4.74 Å². The van der Waals surface area contributed by atoms with Crippen LogP contribution in [0, 0.1) is 5.92 Å². The molecule has 3 atom stereocenters. The Labute approximate surface area is 125 Å². The van der Waals surface area contributed by atoms with Gasteiger partial charge in [0, 0.05) is 25.2 Å². The molecule has 3 heteroatoms. The topological polar surface area (TPSA) is 24.5 Å². The number of hydrogen-bond donors (Lipinski definition) is 1. The number of nitrogens with zero attached hydrogens (tertiary/aromatic N) is 1. The van der Waals surface area contributed by atoms with Crippen molar-refractivity contribution in [2.24, 2.45) is 5.92 Å². The third-order valence-corrected chi connectivity index (χ3v) is 5.39. The van der Waals surface area contributed by atoms with Crippen LogP contribution in [0.4, 0.5) is 0 Å². The van der Waals surface area contributed by atoms with Gasteiger partial charge in [-0.15, -0.1) is 0 Å². The number of piperidine rings is 1.